The van der Waals surface area contributed by atoms with E-state index in [0.29, 0.717) is 6.54 Å². The molecule has 0 bridgehead atoms. The maximum atomic E-state index is 12.4. The summed E-state index contributed by atoms with van der Waals surface area (Å²) >= 11 is 0. The first kappa shape index (κ1) is 14.7. The molecule has 1 saturated heterocycles. The second kappa shape index (κ2) is 6.28. The summed E-state index contributed by atoms with van der Waals surface area (Å²) in [4.78, 5) is 18.9. The third-order valence-corrected chi connectivity index (χ3v) is 4.11. The summed E-state index contributed by atoms with van der Waals surface area (Å²) in [5.74, 6) is 0.0844. The van der Waals surface area contributed by atoms with Crippen molar-refractivity contribution < 1.29 is 4.79 Å². The van der Waals surface area contributed by atoms with Gasteiger partial charge in [0.2, 0.25) is 5.91 Å². The molecule has 4 nitrogen and oxygen atoms in total. The summed E-state index contributed by atoms with van der Waals surface area (Å²) in [5, 5.41) is 2.99. The van der Waals surface area contributed by atoms with Gasteiger partial charge in [0.15, 0.2) is 0 Å². The Labute approximate surface area is 131 Å². The summed E-state index contributed by atoms with van der Waals surface area (Å²) in [6, 6.07) is 10.0. The number of nitrogens with one attached hydrogen (secondary N) is 1. The van der Waals surface area contributed by atoms with Gasteiger partial charge in [0, 0.05) is 32.0 Å². The van der Waals surface area contributed by atoms with Crippen LogP contribution in [0.2, 0.25) is 0 Å². The van der Waals surface area contributed by atoms with Gasteiger partial charge in [0.05, 0.1) is 0 Å². The summed E-state index contributed by atoms with van der Waals surface area (Å²) in [6.45, 7) is 6.38. The van der Waals surface area contributed by atoms with Gasteiger partial charge in [-0.15, -0.1) is 0 Å². The van der Waals surface area contributed by atoms with Gasteiger partial charge in [-0.2, -0.15) is 0 Å². The van der Waals surface area contributed by atoms with E-state index in [1.54, 1.807) is 0 Å². The molecule has 0 spiro atoms. The van der Waals surface area contributed by atoms with Crippen molar-refractivity contribution in [3.05, 3.63) is 65.0 Å². The third kappa shape index (κ3) is 3.02. The zero-order valence-corrected chi connectivity index (χ0v) is 13.0. The highest BCUT2D eigenvalue weighted by atomic mass is 16.2. The second-order valence-corrected chi connectivity index (χ2v) is 5.89. The first-order chi connectivity index (χ1) is 10.6. The molecule has 1 aliphatic rings. The lowest BCUT2D eigenvalue weighted by Gasteiger charge is -2.36. The molecule has 1 aromatic heterocycles. The fourth-order valence-corrected chi connectivity index (χ4v) is 3.05. The number of carbonyl (C=O) groups excluding carboxylic acids is 1. The van der Waals surface area contributed by atoms with Gasteiger partial charge in [-0.3, -0.25) is 14.7 Å². The SMILES string of the molecule is Cc1cncc(CN2CCNC(=O)[C@@H]2c2ccccc2C)c1. The average Bonchev–Trinajstić information content (AvgIpc) is 2.49. The highest BCUT2D eigenvalue weighted by molar-refractivity contribution is 5.84. The van der Waals surface area contributed by atoms with Crippen LogP contribution in [-0.2, 0) is 11.3 Å². The van der Waals surface area contributed by atoms with Crippen molar-refractivity contribution >= 4 is 5.91 Å². The highest BCUT2D eigenvalue weighted by Gasteiger charge is 2.31. The molecule has 1 aliphatic heterocycles. The molecule has 1 aromatic carbocycles. The lowest BCUT2D eigenvalue weighted by molar-refractivity contribution is -0.129. The quantitative estimate of drug-likeness (QED) is 0.945. The molecule has 1 N–H and O–H groups in total. The summed E-state index contributed by atoms with van der Waals surface area (Å²) < 4.78 is 0. The second-order valence-electron chi connectivity index (χ2n) is 5.89. The molecule has 1 amide bonds. The minimum absolute atomic E-state index is 0.0844. The first-order valence-corrected chi connectivity index (χ1v) is 7.63. The Kier molecular flexibility index (Phi) is 4.20. The number of piperazine rings is 1. The Morgan fingerprint density at radius 1 is 1.27 bits per heavy atom. The highest BCUT2D eigenvalue weighted by Crippen LogP contribution is 2.27. The number of hydrogen-bond acceptors (Lipinski definition) is 3. The van der Waals surface area contributed by atoms with E-state index in [-0.39, 0.29) is 11.9 Å². The zero-order chi connectivity index (χ0) is 15.5. The molecule has 114 valence electrons. The van der Waals surface area contributed by atoms with Crippen LogP contribution >= 0.6 is 0 Å². The van der Waals surface area contributed by atoms with Gasteiger partial charge in [0.25, 0.3) is 0 Å². The van der Waals surface area contributed by atoms with Crippen LogP contribution < -0.4 is 5.32 Å². The number of pyridine rings is 1. The van der Waals surface area contributed by atoms with Crippen molar-refractivity contribution in [2.45, 2.75) is 26.4 Å². The number of aryl methyl sites for hydroxylation is 2. The van der Waals surface area contributed by atoms with Crippen LogP contribution in [0, 0.1) is 13.8 Å². The Balaban J connectivity index is 1.90. The van der Waals surface area contributed by atoms with Gasteiger partial charge in [-0.25, -0.2) is 0 Å². The van der Waals surface area contributed by atoms with Gasteiger partial charge in [-0.1, -0.05) is 30.3 Å². The number of amides is 1. The predicted octanol–water partition coefficient (Wildman–Crippen LogP) is 2.37. The Hall–Kier alpha value is -2.20. The molecule has 1 fully saturated rings. The molecule has 0 aliphatic carbocycles. The molecule has 1 atom stereocenters. The van der Waals surface area contributed by atoms with Gasteiger partial charge in [-0.05, 0) is 36.1 Å². The van der Waals surface area contributed by atoms with Crippen molar-refractivity contribution in [3.8, 4) is 0 Å². The summed E-state index contributed by atoms with van der Waals surface area (Å²) in [5.41, 5.74) is 4.52. The maximum absolute atomic E-state index is 12.4. The van der Waals surface area contributed by atoms with Crippen LogP contribution in [0.5, 0.6) is 0 Å². The van der Waals surface area contributed by atoms with Gasteiger partial charge >= 0.3 is 0 Å². The molecular formula is C18H21N3O. The Morgan fingerprint density at radius 2 is 2.09 bits per heavy atom. The molecule has 4 heteroatoms. The molecule has 2 heterocycles. The van der Waals surface area contributed by atoms with E-state index >= 15 is 0 Å². The van der Waals surface area contributed by atoms with E-state index in [1.165, 1.54) is 0 Å². The molecule has 22 heavy (non-hydrogen) atoms. The summed E-state index contributed by atoms with van der Waals surface area (Å²) in [7, 11) is 0. The minimum Gasteiger partial charge on any atom is -0.353 e. The van der Waals surface area contributed by atoms with Gasteiger partial charge in [0.1, 0.15) is 6.04 Å². The van der Waals surface area contributed by atoms with Crippen molar-refractivity contribution in [1.82, 2.24) is 15.2 Å². The maximum Gasteiger partial charge on any atom is 0.242 e. The van der Waals surface area contributed by atoms with Crippen LogP contribution in [0.1, 0.15) is 28.3 Å². The van der Waals surface area contributed by atoms with Crippen molar-refractivity contribution in [1.29, 1.82) is 0 Å². The molecular weight excluding hydrogens is 274 g/mol. The van der Waals surface area contributed by atoms with Crippen molar-refractivity contribution in [2.24, 2.45) is 0 Å². The topological polar surface area (TPSA) is 45.2 Å². The first-order valence-electron chi connectivity index (χ1n) is 7.63. The van der Waals surface area contributed by atoms with Crippen molar-refractivity contribution in [3.63, 3.8) is 0 Å². The van der Waals surface area contributed by atoms with Crippen LogP contribution in [0.15, 0.2) is 42.7 Å². The number of benzene rings is 1. The van der Waals surface area contributed by atoms with E-state index in [1.807, 2.05) is 37.5 Å². The third-order valence-electron chi connectivity index (χ3n) is 4.11. The zero-order valence-electron chi connectivity index (χ0n) is 13.0. The van der Waals surface area contributed by atoms with Crippen LogP contribution in [0.3, 0.4) is 0 Å². The fourth-order valence-electron chi connectivity index (χ4n) is 3.05. The Bertz CT molecular complexity index is 684. The number of rotatable bonds is 3. The minimum atomic E-state index is -0.226. The number of carbonyl (C=O) groups is 1. The molecule has 0 radical (unpaired) electrons. The monoisotopic (exact) mass is 295 g/mol. The van der Waals surface area contributed by atoms with E-state index in [0.717, 1.165) is 35.3 Å². The standard InChI is InChI=1S/C18H21N3O/c1-13-9-15(11-19-10-13)12-21-8-7-20-18(22)17(21)16-6-4-3-5-14(16)2/h3-6,9-11,17H,7-8,12H2,1-2H3,(H,20,22)/t17-/m0/s1. The Morgan fingerprint density at radius 3 is 2.86 bits per heavy atom. The van der Waals surface area contributed by atoms with Gasteiger partial charge < -0.3 is 5.32 Å². The van der Waals surface area contributed by atoms with Crippen LogP contribution in [0.4, 0.5) is 0 Å². The van der Waals surface area contributed by atoms with Crippen LogP contribution in [-0.4, -0.2) is 28.9 Å². The van der Waals surface area contributed by atoms with E-state index in [4.69, 9.17) is 0 Å². The number of hydrogen-bond donors (Lipinski definition) is 1. The molecule has 0 saturated carbocycles. The van der Waals surface area contributed by atoms with E-state index in [9.17, 15) is 4.79 Å². The lowest BCUT2D eigenvalue weighted by atomic mass is 9.97. The van der Waals surface area contributed by atoms with Crippen LogP contribution in [0.25, 0.3) is 0 Å². The van der Waals surface area contributed by atoms with Crippen molar-refractivity contribution in [2.75, 3.05) is 13.1 Å². The lowest BCUT2D eigenvalue weighted by Crippen LogP contribution is -2.49. The normalized spacial score (nSPS) is 19.0. The molecule has 3 rings (SSSR count). The van der Waals surface area contributed by atoms with E-state index < -0.39 is 0 Å². The molecule has 2 aromatic rings. The summed E-state index contributed by atoms with van der Waals surface area (Å²) in [6.07, 6.45) is 3.74. The number of aromatic nitrogens is 1. The van der Waals surface area contributed by atoms with E-state index in [2.05, 4.69) is 34.3 Å². The largest absolute Gasteiger partial charge is 0.353 e. The smallest absolute Gasteiger partial charge is 0.242 e. The predicted molar refractivity (Wildman–Crippen MR) is 86.3 cm³/mol. The average molecular weight is 295 g/mol. The number of nitrogens with zero attached hydrogens (tertiary/aromatic N) is 2. The molecule has 0 unspecified atom stereocenters. The fraction of sp³-hybridized carbons (Fsp3) is 0.333.